The van der Waals surface area contributed by atoms with Gasteiger partial charge in [-0.3, -0.25) is 0 Å². The lowest BCUT2D eigenvalue weighted by molar-refractivity contribution is 0.216. The number of nitrogens with two attached hydrogens (primary N) is 2. The molecular formula is C11H16N6. The van der Waals surface area contributed by atoms with Gasteiger partial charge in [-0.25, -0.2) is 0 Å². The molecule has 1 aliphatic heterocycles. The predicted molar refractivity (Wildman–Crippen MR) is 66.2 cm³/mol. The SMILES string of the molecule is C[C@H]1CN(c2nc(N)nc(N)c2C#N)C1(C)C. The molecule has 0 radical (unpaired) electrons. The average Bonchev–Trinajstić information content (AvgIpc) is 2.24. The summed E-state index contributed by atoms with van der Waals surface area (Å²) in [6.45, 7) is 7.22. The number of rotatable bonds is 1. The van der Waals surface area contributed by atoms with Crippen molar-refractivity contribution in [3.63, 3.8) is 0 Å². The van der Waals surface area contributed by atoms with Crippen LogP contribution in [0, 0.1) is 17.2 Å². The zero-order valence-electron chi connectivity index (χ0n) is 10.2. The molecule has 0 unspecified atom stereocenters. The molecule has 1 atom stereocenters. The number of hydrogen-bond donors (Lipinski definition) is 2. The van der Waals surface area contributed by atoms with Crippen molar-refractivity contribution in [1.29, 1.82) is 5.26 Å². The molecule has 1 aliphatic rings. The summed E-state index contributed by atoms with van der Waals surface area (Å²) in [4.78, 5) is 10.0. The lowest BCUT2D eigenvalue weighted by Gasteiger charge is -2.55. The number of anilines is 3. The van der Waals surface area contributed by atoms with Crippen LogP contribution in [0.2, 0.25) is 0 Å². The van der Waals surface area contributed by atoms with E-state index in [9.17, 15) is 0 Å². The summed E-state index contributed by atoms with van der Waals surface area (Å²) in [5.41, 5.74) is 11.5. The minimum atomic E-state index is -0.0428. The van der Waals surface area contributed by atoms with Gasteiger partial charge in [-0.05, 0) is 19.8 Å². The highest BCUT2D eigenvalue weighted by molar-refractivity contribution is 5.67. The van der Waals surface area contributed by atoms with E-state index < -0.39 is 0 Å². The average molecular weight is 232 g/mol. The van der Waals surface area contributed by atoms with Crippen molar-refractivity contribution in [3.05, 3.63) is 5.56 Å². The Morgan fingerprint density at radius 2 is 2.06 bits per heavy atom. The number of aromatic nitrogens is 2. The minimum absolute atomic E-state index is 0.0428. The molecule has 1 saturated heterocycles. The van der Waals surface area contributed by atoms with E-state index in [1.54, 1.807) is 0 Å². The zero-order chi connectivity index (χ0) is 12.8. The quantitative estimate of drug-likeness (QED) is 0.740. The van der Waals surface area contributed by atoms with Crippen LogP contribution in [0.15, 0.2) is 0 Å². The first-order valence-electron chi connectivity index (χ1n) is 5.48. The molecule has 6 nitrogen and oxygen atoms in total. The molecule has 1 fully saturated rings. The van der Waals surface area contributed by atoms with Crippen LogP contribution in [0.4, 0.5) is 17.6 Å². The van der Waals surface area contributed by atoms with Crippen molar-refractivity contribution in [1.82, 2.24) is 9.97 Å². The third kappa shape index (κ3) is 1.55. The molecule has 17 heavy (non-hydrogen) atoms. The second-order valence-corrected chi connectivity index (χ2v) is 4.94. The lowest BCUT2D eigenvalue weighted by atomic mass is 9.78. The van der Waals surface area contributed by atoms with E-state index in [1.165, 1.54) is 0 Å². The molecule has 90 valence electrons. The second-order valence-electron chi connectivity index (χ2n) is 4.94. The van der Waals surface area contributed by atoms with Gasteiger partial charge >= 0.3 is 0 Å². The Bertz CT molecular complexity index is 501. The summed E-state index contributed by atoms with van der Waals surface area (Å²) >= 11 is 0. The molecule has 0 spiro atoms. The largest absolute Gasteiger partial charge is 0.382 e. The van der Waals surface area contributed by atoms with Gasteiger partial charge in [-0.15, -0.1) is 0 Å². The van der Waals surface area contributed by atoms with Crippen LogP contribution in [-0.2, 0) is 0 Å². The van der Waals surface area contributed by atoms with Crippen LogP contribution in [0.3, 0.4) is 0 Å². The Hall–Kier alpha value is -2.03. The fourth-order valence-corrected chi connectivity index (χ4v) is 2.03. The summed E-state index contributed by atoms with van der Waals surface area (Å²) in [7, 11) is 0. The molecule has 1 aromatic heterocycles. The first kappa shape index (κ1) is 11.5. The Labute approximate surface area is 100 Å². The predicted octanol–water partition coefficient (Wildman–Crippen LogP) is 0.747. The molecule has 0 bridgehead atoms. The Kier molecular flexibility index (Phi) is 2.35. The van der Waals surface area contributed by atoms with Gasteiger partial charge in [0.15, 0.2) is 5.82 Å². The first-order valence-corrected chi connectivity index (χ1v) is 5.48. The van der Waals surface area contributed by atoms with Crippen molar-refractivity contribution >= 4 is 17.6 Å². The lowest BCUT2D eigenvalue weighted by Crippen LogP contribution is -2.63. The van der Waals surface area contributed by atoms with Gasteiger partial charge in [-0.1, -0.05) is 6.92 Å². The third-order valence-electron chi connectivity index (χ3n) is 3.66. The van der Waals surface area contributed by atoms with Crippen LogP contribution in [0.5, 0.6) is 0 Å². The van der Waals surface area contributed by atoms with Gasteiger partial charge in [0.05, 0.1) is 0 Å². The van der Waals surface area contributed by atoms with Crippen LogP contribution in [0.1, 0.15) is 26.3 Å². The highest BCUT2D eigenvalue weighted by Crippen LogP contribution is 2.40. The van der Waals surface area contributed by atoms with Crippen LogP contribution < -0.4 is 16.4 Å². The Morgan fingerprint density at radius 3 is 2.53 bits per heavy atom. The van der Waals surface area contributed by atoms with Crippen molar-refractivity contribution in [3.8, 4) is 6.07 Å². The fraction of sp³-hybridized carbons (Fsp3) is 0.545. The minimum Gasteiger partial charge on any atom is -0.382 e. The van der Waals surface area contributed by atoms with E-state index in [4.69, 9.17) is 16.7 Å². The maximum absolute atomic E-state index is 9.12. The molecule has 1 aromatic rings. The summed E-state index contributed by atoms with van der Waals surface area (Å²) < 4.78 is 0. The van der Waals surface area contributed by atoms with Gasteiger partial charge in [0.2, 0.25) is 5.95 Å². The summed E-state index contributed by atoms with van der Waals surface area (Å²) in [6.07, 6.45) is 0. The highest BCUT2D eigenvalue weighted by atomic mass is 15.3. The summed E-state index contributed by atoms with van der Waals surface area (Å²) in [5, 5.41) is 9.12. The van der Waals surface area contributed by atoms with Gasteiger partial charge in [0.1, 0.15) is 17.5 Å². The van der Waals surface area contributed by atoms with Crippen molar-refractivity contribution in [2.75, 3.05) is 22.9 Å². The Morgan fingerprint density at radius 1 is 1.41 bits per heavy atom. The van der Waals surface area contributed by atoms with E-state index in [0.29, 0.717) is 17.3 Å². The van der Waals surface area contributed by atoms with Gasteiger partial charge in [0, 0.05) is 12.1 Å². The van der Waals surface area contributed by atoms with E-state index in [1.807, 2.05) is 11.0 Å². The monoisotopic (exact) mass is 232 g/mol. The van der Waals surface area contributed by atoms with E-state index >= 15 is 0 Å². The van der Waals surface area contributed by atoms with Gasteiger partial charge < -0.3 is 16.4 Å². The fourth-order valence-electron chi connectivity index (χ4n) is 2.03. The van der Waals surface area contributed by atoms with Crippen molar-refractivity contribution in [2.24, 2.45) is 5.92 Å². The van der Waals surface area contributed by atoms with Gasteiger partial charge in [-0.2, -0.15) is 15.2 Å². The number of nitriles is 1. The maximum Gasteiger partial charge on any atom is 0.224 e. The van der Waals surface area contributed by atoms with E-state index in [0.717, 1.165) is 6.54 Å². The Balaban J connectivity index is 2.51. The zero-order valence-corrected chi connectivity index (χ0v) is 10.2. The topological polar surface area (TPSA) is 105 Å². The van der Waals surface area contributed by atoms with Crippen LogP contribution in [-0.4, -0.2) is 22.1 Å². The van der Waals surface area contributed by atoms with E-state index in [-0.39, 0.29) is 17.3 Å². The first-order chi connectivity index (χ1) is 7.87. The molecule has 4 N–H and O–H groups in total. The standard InChI is InChI=1S/C11H16N6/c1-6-5-17(11(6,2)3)9-7(4-12)8(13)15-10(14)16-9/h6H,5H2,1-3H3,(H4,13,14,15,16)/t6-/m0/s1. The third-order valence-corrected chi connectivity index (χ3v) is 3.66. The normalized spacial score (nSPS) is 21.8. The summed E-state index contributed by atoms with van der Waals surface area (Å²) in [6, 6.07) is 2.05. The molecular weight excluding hydrogens is 216 g/mol. The molecule has 0 aliphatic carbocycles. The highest BCUT2D eigenvalue weighted by Gasteiger charge is 2.45. The molecule has 0 saturated carbocycles. The number of nitrogen functional groups attached to an aromatic ring is 2. The molecule has 6 heteroatoms. The van der Waals surface area contributed by atoms with Gasteiger partial charge in [0.25, 0.3) is 0 Å². The molecule has 0 aromatic carbocycles. The molecule has 0 amide bonds. The van der Waals surface area contributed by atoms with Crippen molar-refractivity contribution < 1.29 is 0 Å². The van der Waals surface area contributed by atoms with Crippen molar-refractivity contribution in [2.45, 2.75) is 26.3 Å². The molecule has 2 rings (SSSR count). The maximum atomic E-state index is 9.12. The second kappa shape index (κ2) is 3.48. The number of nitrogens with zero attached hydrogens (tertiary/aromatic N) is 4. The number of hydrogen-bond acceptors (Lipinski definition) is 6. The molecule has 2 heterocycles. The van der Waals surface area contributed by atoms with Crippen LogP contribution in [0.25, 0.3) is 0 Å². The smallest absolute Gasteiger partial charge is 0.224 e. The van der Waals surface area contributed by atoms with E-state index in [2.05, 4.69) is 30.7 Å². The van der Waals surface area contributed by atoms with Crippen LogP contribution >= 0.6 is 0 Å². The summed E-state index contributed by atoms with van der Waals surface area (Å²) in [5.74, 6) is 1.32.